The lowest BCUT2D eigenvalue weighted by molar-refractivity contribution is 0.0256. The van der Waals surface area contributed by atoms with Gasteiger partial charge in [0.25, 0.3) is 0 Å². The van der Waals surface area contributed by atoms with Crippen molar-refractivity contribution in [3.8, 4) is 0 Å². The number of nitrogens with zero attached hydrogens (tertiary/aromatic N) is 2. The van der Waals surface area contributed by atoms with Gasteiger partial charge in [0, 0.05) is 24.0 Å². The number of anilines is 1. The molecule has 1 saturated heterocycles. The molecular weight excluding hydrogens is 270 g/mol. The second-order valence-corrected chi connectivity index (χ2v) is 7.20. The van der Waals surface area contributed by atoms with Crippen LogP contribution >= 0.6 is 11.3 Å². The quantitative estimate of drug-likeness (QED) is 0.927. The number of aromatic nitrogens is 1. The smallest absolute Gasteiger partial charge is 0.186 e. The third-order valence-corrected chi connectivity index (χ3v) is 5.47. The number of hydrogen-bond acceptors (Lipinski definition) is 5. The zero-order valence-corrected chi connectivity index (χ0v) is 13.5. The molecule has 2 aliphatic rings. The summed E-state index contributed by atoms with van der Waals surface area (Å²) in [6.45, 7) is 9.26. The highest BCUT2D eigenvalue weighted by atomic mass is 32.1. The summed E-state index contributed by atoms with van der Waals surface area (Å²) in [6.07, 6.45) is 4.19. The molecule has 2 atom stereocenters. The third kappa shape index (κ3) is 2.85. The molecule has 1 aromatic heterocycles. The number of fused-ring (bicyclic) bond motifs is 1. The van der Waals surface area contributed by atoms with Crippen LogP contribution in [0.15, 0.2) is 0 Å². The maximum atomic E-state index is 5.89. The van der Waals surface area contributed by atoms with Gasteiger partial charge in [-0.25, -0.2) is 4.98 Å². The van der Waals surface area contributed by atoms with Gasteiger partial charge in [-0.3, -0.25) is 0 Å². The van der Waals surface area contributed by atoms with Crippen molar-refractivity contribution < 1.29 is 4.74 Å². The molecule has 0 aromatic carbocycles. The number of hydrogen-bond donors (Lipinski definition) is 1. The SMILES string of the molecule is Cc1nc(N2CCOC3CCCC32)sc1CNC(C)C. The van der Waals surface area contributed by atoms with Crippen molar-refractivity contribution in [1.82, 2.24) is 10.3 Å². The molecule has 1 N–H and O–H groups in total. The average molecular weight is 295 g/mol. The fraction of sp³-hybridized carbons (Fsp3) is 0.800. The summed E-state index contributed by atoms with van der Waals surface area (Å²) < 4.78 is 5.89. The van der Waals surface area contributed by atoms with Crippen LogP contribution < -0.4 is 10.2 Å². The Morgan fingerprint density at radius 3 is 3.10 bits per heavy atom. The Labute approximate surface area is 125 Å². The molecule has 1 aliphatic heterocycles. The number of aryl methyl sites for hydroxylation is 1. The first-order valence-electron chi connectivity index (χ1n) is 7.73. The van der Waals surface area contributed by atoms with Gasteiger partial charge in [-0.05, 0) is 26.2 Å². The molecule has 1 aromatic rings. The monoisotopic (exact) mass is 295 g/mol. The minimum Gasteiger partial charge on any atom is -0.374 e. The minimum atomic E-state index is 0.435. The molecule has 2 unspecified atom stereocenters. The van der Waals surface area contributed by atoms with Gasteiger partial charge in [0.05, 0.1) is 24.4 Å². The zero-order chi connectivity index (χ0) is 14.1. The standard InChI is InChI=1S/C15H25N3OS/c1-10(2)16-9-14-11(3)17-15(20-14)18-7-8-19-13-6-4-5-12(13)18/h10,12-13,16H,4-9H2,1-3H3. The van der Waals surface area contributed by atoms with Crippen molar-refractivity contribution in [2.24, 2.45) is 0 Å². The molecule has 0 bridgehead atoms. The number of ether oxygens (including phenoxy) is 1. The number of thiazole rings is 1. The van der Waals surface area contributed by atoms with E-state index in [-0.39, 0.29) is 0 Å². The van der Waals surface area contributed by atoms with Crippen LogP contribution in [0.5, 0.6) is 0 Å². The van der Waals surface area contributed by atoms with Crippen LogP contribution in [0.25, 0.3) is 0 Å². The van der Waals surface area contributed by atoms with Gasteiger partial charge in [-0.1, -0.05) is 13.8 Å². The van der Waals surface area contributed by atoms with E-state index in [4.69, 9.17) is 9.72 Å². The van der Waals surface area contributed by atoms with E-state index in [9.17, 15) is 0 Å². The first-order chi connectivity index (χ1) is 9.65. The van der Waals surface area contributed by atoms with Crippen molar-refractivity contribution >= 4 is 16.5 Å². The van der Waals surface area contributed by atoms with Crippen LogP contribution in [0.2, 0.25) is 0 Å². The molecular formula is C15H25N3OS. The molecule has 5 heteroatoms. The van der Waals surface area contributed by atoms with Gasteiger partial charge in [0.1, 0.15) is 0 Å². The van der Waals surface area contributed by atoms with Gasteiger partial charge in [-0.2, -0.15) is 0 Å². The predicted octanol–water partition coefficient (Wildman–Crippen LogP) is 2.71. The summed E-state index contributed by atoms with van der Waals surface area (Å²) in [5.41, 5.74) is 1.18. The van der Waals surface area contributed by atoms with E-state index >= 15 is 0 Å². The van der Waals surface area contributed by atoms with Gasteiger partial charge >= 0.3 is 0 Å². The van der Waals surface area contributed by atoms with E-state index < -0.39 is 0 Å². The van der Waals surface area contributed by atoms with Crippen LogP contribution in [-0.2, 0) is 11.3 Å². The van der Waals surface area contributed by atoms with Crippen LogP contribution in [0.4, 0.5) is 5.13 Å². The second kappa shape index (κ2) is 6.00. The van der Waals surface area contributed by atoms with Crippen molar-refractivity contribution in [2.75, 3.05) is 18.1 Å². The molecule has 4 nitrogen and oxygen atoms in total. The molecule has 20 heavy (non-hydrogen) atoms. The maximum Gasteiger partial charge on any atom is 0.186 e. The Balaban J connectivity index is 1.74. The Hall–Kier alpha value is -0.650. The zero-order valence-electron chi connectivity index (χ0n) is 12.7. The van der Waals surface area contributed by atoms with Crippen molar-refractivity contribution in [1.29, 1.82) is 0 Å². The number of morpholine rings is 1. The molecule has 2 heterocycles. The summed E-state index contributed by atoms with van der Waals surface area (Å²) in [5, 5.41) is 4.69. The highest BCUT2D eigenvalue weighted by Crippen LogP contribution is 2.35. The average Bonchev–Trinajstić information content (AvgIpc) is 3.02. The molecule has 0 radical (unpaired) electrons. The first kappa shape index (κ1) is 14.3. The predicted molar refractivity (Wildman–Crippen MR) is 83.6 cm³/mol. The van der Waals surface area contributed by atoms with Gasteiger partial charge in [-0.15, -0.1) is 11.3 Å². The normalized spacial score (nSPS) is 26.3. The van der Waals surface area contributed by atoms with Gasteiger partial charge in [0.2, 0.25) is 0 Å². The van der Waals surface area contributed by atoms with Crippen molar-refractivity contribution in [3.63, 3.8) is 0 Å². The lowest BCUT2D eigenvalue weighted by Crippen LogP contribution is -2.48. The van der Waals surface area contributed by atoms with Crippen LogP contribution in [0.1, 0.15) is 43.7 Å². The Bertz CT molecular complexity index is 460. The van der Waals surface area contributed by atoms with E-state index in [1.165, 1.54) is 35.0 Å². The molecule has 3 rings (SSSR count). The maximum absolute atomic E-state index is 5.89. The minimum absolute atomic E-state index is 0.435. The molecule has 1 aliphatic carbocycles. The van der Waals surface area contributed by atoms with E-state index in [0.717, 1.165) is 19.7 Å². The number of nitrogens with one attached hydrogen (secondary N) is 1. The largest absolute Gasteiger partial charge is 0.374 e. The highest BCUT2D eigenvalue weighted by molar-refractivity contribution is 7.15. The lowest BCUT2D eigenvalue weighted by Gasteiger charge is -2.37. The molecule has 0 spiro atoms. The van der Waals surface area contributed by atoms with E-state index in [0.29, 0.717) is 18.2 Å². The fourth-order valence-electron chi connectivity index (χ4n) is 3.16. The number of rotatable bonds is 4. The van der Waals surface area contributed by atoms with Crippen molar-refractivity contribution in [3.05, 3.63) is 10.6 Å². The van der Waals surface area contributed by atoms with Crippen LogP contribution in [0.3, 0.4) is 0 Å². The van der Waals surface area contributed by atoms with Crippen LogP contribution in [0, 0.1) is 6.92 Å². The summed E-state index contributed by atoms with van der Waals surface area (Å²) >= 11 is 1.85. The Morgan fingerprint density at radius 2 is 2.30 bits per heavy atom. The van der Waals surface area contributed by atoms with E-state index in [2.05, 4.69) is 31.0 Å². The Morgan fingerprint density at radius 1 is 1.45 bits per heavy atom. The van der Waals surface area contributed by atoms with E-state index in [1.54, 1.807) is 0 Å². The summed E-state index contributed by atoms with van der Waals surface area (Å²) in [6, 6.07) is 1.07. The molecule has 2 fully saturated rings. The molecule has 112 valence electrons. The second-order valence-electron chi connectivity index (χ2n) is 6.14. The van der Waals surface area contributed by atoms with Gasteiger partial charge in [0.15, 0.2) is 5.13 Å². The fourth-order valence-corrected chi connectivity index (χ4v) is 4.26. The van der Waals surface area contributed by atoms with E-state index in [1.807, 2.05) is 11.3 Å². The summed E-state index contributed by atoms with van der Waals surface area (Å²) in [7, 11) is 0. The highest BCUT2D eigenvalue weighted by Gasteiger charge is 2.37. The molecule has 1 saturated carbocycles. The topological polar surface area (TPSA) is 37.4 Å². The van der Waals surface area contributed by atoms with Crippen molar-refractivity contribution in [2.45, 2.75) is 64.8 Å². The third-order valence-electron chi connectivity index (χ3n) is 4.28. The molecule has 0 amide bonds. The lowest BCUT2D eigenvalue weighted by atomic mass is 10.1. The van der Waals surface area contributed by atoms with Crippen LogP contribution in [-0.4, -0.2) is 36.3 Å². The van der Waals surface area contributed by atoms with Gasteiger partial charge < -0.3 is 15.0 Å². The first-order valence-corrected chi connectivity index (χ1v) is 8.54. The Kier molecular flexibility index (Phi) is 4.29. The summed E-state index contributed by atoms with van der Waals surface area (Å²) in [4.78, 5) is 8.69. The summed E-state index contributed by atoms with van der Waals surface area (Å²) in [5.74, 6) is 0.